The number of allylic oxidation sites excluding steroid dienone is 6. The molecule has 0 spiro atoms. The van der Waals surface area contributed by atoms with Crippen molar-refractivity contribution in [3.8, 4) is 0 Å². The lowest BCUT2D eigenvalue weighted by molar-refractivity contribution is -0.167. The molecule has 0 heterocycles. The maximum absolute atomic E-state index is 12.8. The molecule has 0 aliphatic rings. The second-order valence-corrected chi connectivity index (χ2v) is 21.7. The fraction of sp³-hybridized carbons (Fsp3) is 0.864. The molecule has 6 nitrogen and oxygen atoms in total. The average Bonchev–Trinajstić information content (AvgIpc) is 3.38. The first kappa shape index (κ1) is 69.6. The van der Waals surface area contributed by atoms with Crippen LogP contribution in [0.5, 0.6) is 0 Å². The van der Waals surface area contributed by atoms with Crippen molar-refractivity contribution in [3.05, 3.63) is 36.5 Å². The average molecular weight is 1010 g/mol. The smallest absolute Gasteiger partial charge is 0.306 e. The number of carbonyl (C=O) groups excluding carboxylic acids is 3. The first-order valence-corrected chi connectivity index (χ1v) is 32.0. The zero-order chi connectivity index (χ0) is 52.2. The van der Waals surface area contributed by atoms with E-state index in [0.717, 1.165) is 83.5 Å². The quantitative estimate of drug-likeness (QED) is 0.0261. The first-order valence-electron chi connectivity index (χ1n) is 32.0. The Morgan fingerprint density at radius 2 is 0.500 bits per heavy atom. The van der Waals surface area contributed by atoms with Gasteiger partial charge in [-0.15, -0.1) is 0 Å². The fourth-order valence-corrected chi connectivity index (χ4v) is 9.57. The third kappa shape index (κ3) is 58.5. The number of hydrogen-bond acceptors (Lipinski definition) is 6. The summed E-state index contributed by atoms with van der Waals surface area (Å²) in [7, 11) is 0. The molecule has 0 aliphatic heterocycles. The molecule has 72 heavy (non-hydrogen) atoms. The molecule has 0 radical (unpaired) electrons. The van der Waals surface area contributed by atoms with E-state index >= 15 is 0 Å². The fourth-order valence-electron chi connectivity index (χ4n) is 9.57. The molecule has 1 atom stereocenters. The largest absolute Gasteiger partial charge is 0.462 e. The van der Waals surface area contributed by atoms with Crippen LogP contribution in [0.3, 0.4) is 0 Å². The van der Waals surface area contributed by atoms with Crippen molar-refractivity contribution in [3.63, 3.8) is 0 Å². The summed E-state index contributed by atoms with van der Waals surface area (Å²) in [5.74, 6) is -0.874. The molecule has 0 aromatic heterocycles. The van der Waals surface area contributed by atoms with Gasteiger partial charge in [0.25, 0.3) is 0 Å². The highest BCUT2D eigenvalue weighted by atomic mass is 16.6. The van der Waals surface area contributed by atoms with Crippen molar-refractivity contribution in [2.45, 2.75) is 354 Å². The summed E-state index contributed by atoms with van der Waals surface area (Å²) < 4.78 is 16.8. The van der Waals surface area contributed by atoms with E-state index in [1.165, 1.54) is 225 Å². The number of unbranched alkanes of at least 4 members (excludes halogenated alkanes) is 42. The lowest BCUT2D eigenvalue weighted by Gasteiger charge is -2.18. The molecular weight excluding hydrogens is 889 g/mol. The van der Waals surface area contributed by atoms with Gasteiger partial charge in [0.2, 0.25) is 0 Å². The first-order chi connectivity index (χ1) is 35.5. The Bertz CT molecular complexity index is 1210. The minimum Gasteiger partial charge on any atom is -0.462 e. The lowest BCUT2D eigenvalue weighted by atomic mass is 10.0. The maximum atomic E-state index is 12.8. The molecule has 0 saturated carbocycles. The molecule has 0 bridgehead atoms. The molecule has 6 heteroatoms. The van der Waals surface area contributed by atoms with E-state index in [2.05, 4.69) is 57.2 Å². The predicted molar refractivity (Wildman–Crippen MR) is 312 cm³/mol. The molecule has 0 saturated heterocycles. The van der Waals surface area contributed by atoms with E-state index in [-0.39, 0.29) is 31.1 Å². The highest BCUT2D eigenvalue weighted by molar-refractivity contribution is 5.71. The Morgan fingerprint density at radius 3 is 0.778 bits per heavy atom. The molecule has 0 amide bonds. The van der Waals surface area contributed by atoms with Crippen LogP contribution in [0.4, 0.5) is 0 Å². The molecular formula is C66H122O6. The van der Waals surface area contributed by atoms with Crippen LogP contribution in [0, 0.1) is 0 Å². The van der Waals surface area contributed by atoms with Gasteiger partial charge in [-0.1, -0.05) is 308 Å². The van der Waals surface area contributed by atoms with Crippen LogP contribution in [0.15, 0.2) is 36.5 Å². The van der Waals surface area contributed by atoms with Crippen molar-refractivity contribution >= 4 is 17.9 Å². The number of rotatable bonds is 59. The molecule has 0 aromatic carbocycles. The van der Waals surface area contributed by atoms with Gasteiger partial charge in [0.15, 0.2) is 6.10 Å². The van der Waals surface area contributed by atoms with Crippen LogP contribution >= 0.6 is 0 Å². The van der Waals surface area contributed by atoms with Crippen LogP contribution < -0.4 is 0 Å². The van der Waals surface area contributed by atoms with E-state index in [1.54, 1.807) is 0 Å². The number of carbonyl (C=O) groups is 3. The predicted octanol–water partition coefficient (Wildman–Crippen LogP) is 21.6. The summed E-state index contributed by atoms with van der Waals surface area (Å²) in [5, 5.41) is 0. The third-order valence-corrected chi connectivity index (χ3v) is 14.4. The van der Waals surface area contributed by atoms with Crippen molar-refractivity contribution in [1.29, 1.82) is 0 Å². The minimum absolute atomic E-state index is 0.0715. The summed E-state index contributed by atoms with van der Waals surface area (Å²) in [6.07, 6.45) is 74.9. The summed E-state index contributed by atoms with van der Waals surface area (Å²) in [6.45, 7) is 6.59. The van der Waals surface area contributed by atoms with Gasteiger partial charge < -0.3 is 14.2 Å². The van der Waals surface area contributed by atoms with Crippen molar-refractivity contribution in [2.24, 2.45) is 0 Å². The van der Waals surface area contributed by atoms with E-state index in [0.29, 0.717) is 19.3 Å². The molecule has 0 aromatic rings. The van der Waals surface area contributed by atoms with Gasteiger partial charge in [0.05, 0.1) is 0 Å². The Kier molecular flexibility index (Phi) is 59.2. The van der Waals surface area contributed by atoms with E-state index < -0.39 is 6.10 Å². The van der Waals surface area contributed by atoms with Crippen LogP contribution in [-0.2, 0) is 28.6 Å². The Balaban J connectivity index is 4.01. The molecule has 422 valence electrons. The molecule has 1 unspecified atom stereocenters. The van der Waals surface area contributed by atoms with Crippen LogP contribution in [-0.4, -0.2) is 37.2 Å². The van der Waals surface area contributed by atoms with E-state index in [4.69, 9.17) is 14.2 Å². The molecule has 0 N–H and O–H groups in total. The molecule has 0 aliphatic carbocycles. The van der Waals surface area contributed by atoms with Gasteiger partial charge in [-0.3, -0.25) is 14.4 Å². The zero-order valence-corrected chi connectivity index (χ0v) is 48.5. The van der Waals surface area contributed by atoms with Crippen molar-refractivity contribution < 1.29 is 28.6 Å². The van der Waals surface area contributed by atoms with Crippen LogP contribution in [0.2, 0.25) is 0 Å². The summed E-state index contributed by atoms with van der Waals surface area (Å²) in [6, 6.07) is 0. The Labute approximate surface area is 448 Å². The molecule has 0 rings (SSSR count). The Hall–Kier alpha value is -2.37. The van der Waals surface area contributed by atoms with Gasteiger partial charge in [0, 0.05) is 19.3 Å². The van der Waals surface area contributed by atoms with Gasteiger partial charge in [0.1, 0.15) is 13.2 Å². The topological polar surface area (TPSA) is 78.9 Å². The van der Waals surface area contributed by atoms with Crippen LogP contribution in [0.1, 0.15) is 348 Å². The monoisotopic (exact) mass is 1010 g/mol. The van der Waals surface area contributed by atoms with E-state index in [9.17, 15) is 14.4 Å². The standard InChI is InChI=1S/C66H122O6/c1-4-7-10-13-15-17-19-21-23-25-27-29-31-32-33-35-36-38-40-42-44-46-48-50-53-56-59-65(68)71-62-63(61-70-64(67)58-55-52-12-9-6-3)72-66(69)60-57-54-51-49-47-45-43-41-39-37-34-30-28-26-24-22-20-18-16-14-11-8-5-2/h20,22,26,28,34,37,63H,4-19,21,23-25,27,29-33,35-36,38-62H2,1-3H3/b22-20-,28-26-,37-34-. The molecule has 0 fully saturated rings. The Morgan fingerprint density at radius 1 is 0.278 bits per heavy atom. The normalized spacial score (nSPS) is 12.2. The van der Waals surface area contributed by atoms with Crippen LogP contribution in [0.25, 0.3) is 0 Å². The van der Waals surface area contributed by atoms with Gasteiger partial charge in [-0.2, -0.15) is 0 Å². The zero-order valence-electron chi connectivity index (χ0n) is 48.5. The second kappa shape index (κ2) is 61.2. The van der Waals surface area contributed by atoms with E-state index in [1.807, 2.05) is 0 Å². The SMILES string of the molecule is CCCCCCC/C=C\C/C=C\C/C=C\CCCCCCCCCCC(=O)OC(COC(=O)CCCCCCC)COC(=O)CCCCCCCCCCCCCCCCCCCCCCCCCCCC. The second-order valence-electron chi connectivity index (χ2n) is 21.7. The van der Waals surface area contributed by atoms with Crippen molar-refractivity contribution in [1.82, 2.24) is 0 Å². The van der Waals surface area contributed by atoms with Gasteiger partial charge in [-0.25, -0.2) is 0 Å². The maximum Gasteiger partial charge on any atom is 0.306 e. The minimum atomic E-state index is -0.771. The number of hydrogen-bond donors (Lipinski definition) is 0. The summed E-state index contributed by atoms with van der Waals surface area (Å²) >= 11 is 0. The van der Waals surface area contributed by atoms with Crippen molar-refractivity contribution in [2.75, 3.05) is 13.2 Å². The van der Waals surface area contributed by atoms with Gasteiger partial charge in [-0.05, 0) is 57.8 Å². The highest BCUT2D eigenvalue weighted by Crippen LogP contribution is 2.18. The number of esters is 3. The number of ether oxygens (including phenoxy) is 3. The summed E-state index contributed by atoms with van der Waals surface area (Å²) in [5.41, 5.74) is 0. The highest BCUT2D eigenvalue weighted by Gasteiger charge is 2.19. The third-order valence-electron chi connectivity index (χ3n) is 14.4. The lowest BCUT2D eigenvalue weighted by Crippen LogP contribution is -2.30. The summed E-state index contributed by atoms with van der Waals surface area (Å²) in [4.78, 5) is 37.9. The van der Waals surface area contributed by atoms with Gasteiger partial charge >= 0.3 is 17.9 Å².